The van der Waals surface area contributed by atoms with Crippen LogP contribution < -0.4 is 0 Å². The van der Waals surface area contributed by atoms with Gasteiger partial charge in [-0.15, -0.1) is 22.7 Å². The topological polar surface area (TPSA) is 70.4 Å². The third-order valence-electron chi connectivity index (χ3n) is 4.83. The smallest absolute Gasteiger partial charge is 0.222 e. The molecule has 0 aliphatic carbocycles. The maximum absolute atomic E-state index is 13.3. The van der Waals surface area contributed by atoms with Crippen molar-refractivity contribution < 1.29 is 15.0 Å². The highest BCUT2D eigenvalue weighted by molar-refractivity contribution is 7.21. The maximum Gasteiger partial charge on any atom is 0.222 e. The molecule has 0 atom stereocenters. The molecular formula is C24H15NO3S2. The molecule has 0 spiro atoms. The molecule has 0 fully saturated rings. The van der Waals surface area contributed by atoms with Crippen LogP contribution in [-0.2, 0) is 0 Å². The van der Waals surface area contributed by atoms with Crippen molar-refractivity contribution in [2.24, 2.45) is 0 Å². The Kier molecular flexibility index (Phi) is 4.58. The number of nitrogens with zero attached hydrogens (tertiary/aromatic N) is 1. The highest BCUT2D eigenvalue weighted by Gasteiger charge is 2.21. The minimum atomic E-state index is -0.0415. The average molecular weight is 430 g/mol. The predicted octanol–water partition coefficient (Wildman–Crippen LogP) is 6.33. The van der Waals surface area contributed by atoms with Gasteiger partial charge in [0.2, 0.25) is 11.7 Å². The quantitative estimate of drug-likeness (QED) is 0.327. The van der Waals surface area contributed by atoms with Crippen LogP contribution in [-0.4, -0.2) is 21.0 Å². The number of thiazole rings is 1. The van der Waals surface area contributed by atoms with E-state index in [-0.39, 0.29) is 17.4 Å². The number of benzene rings is 3. The summed E-state index contributed by atoms with van der Waals surface area (Å²) in [5.74, 6) is 0.145. The van der Waals surface area contributed by atoms with E-state index in [1.165, 1.54) is 22.7 Å². The van der Waals surface area contributed by atoms with Crippen LogP contribution in [0.2, 0.25) is 0 Å². The number of phenols is 1. The molecule has 4 nitrogen and oxygen atoms in total. The van der Waals surface area contributed by atoms with E-state index >= 15 is 0 Å². The molecule has 2 aromatic heterocycles. The van der Waals surface area contributed by atoms with Crippen molar-refractivity contribution in [1.82, 2.24) is 4.98 Å². The van der Waals surface area contributed by atoms with Crippen molar-refractivity contribution in [2.75, 3.05) is 0 Å². The van der Waals surface area contributed by atoms with E-state index < -0.39 is 0 Å². The molecule has 0 bridgehead atoms. The summed E-state index contributed by atoms with van der Waals surface area (Å²) in [5.41, 5.74) is 3.30. The number of hydrogen-bond acceptors (Lipinski definition) is 6. The van der Waals surface area contributed by atoms with Gasteiger partial charge in [-0.2, -0.15) is 0 Å². The van der Waals surface area contributed by atoms with Gasteiger partial charge < -0.3 is 10.2 Å². The van der Waals surface area contributed by atoms with Crippen molar-refractivity contribution in [3.05, 3.63) is 88.6 Å². The van der Waals surface area contributed by atoms with E-state index in [0.717, 1.165) is 31.8 Å². The standard InChI is InChI=1S/C24H15NO3S2/c26-17-10-11-18-19(12-17)30-23(22(28)15-4-2-1-3-5-15)21(18)14-6-8-16(9-7-14)24-25-20(27)13-29-24/h1-13,26-27H. The maximum atomic E-state index is 13.3. The van der Waals surface area contributed by atoms with E-state index in [2.05, 4.69) is 4.98 Å². The van der Waals surface area contributed by atoms with Crippen LogP contribution in [0.4, 0.5) is 0 Å². The van der Waals surface area contributed by atoms with Crippen LogP contribution in [0.15, 0.2) is 78.2 Å². The first-order chi connectivity index (χ1) is 14.6. The number of carbonyl (C=O) groups is 1. The van der Waals surface area contributed by atoms with Gasteiger partial charge >= 0.3 is 0 Å². The zero-order valence-electron chi connectivity index (χ0n) is 15.6. The fraction of sp³-hybridized carbons (Fsp3) is 0. The molecule has 0 aliphatic rings. The van der Waals surface area contributed by atoms with E-state index in [4.69, 9.17) is 0 Å². The number of thiophene rings is 1. The monoisotopic (exact) mass is 429 g/mol. The molecule has 0 saturated carbocycles. The Balaban J connectivity index is 1.66. The Hall–Kier alpha value is -3.48. The summed E-state index contributed by atoms with van der Waals surface area (Å²) in [4.78, 5) is 18.1. The summed E-state index contributed by atoms with van der Waals surface area (Å²) in [6, 6.07) is 22.2. The molecule has 30 heavy (non-hydrogen) atoms. The zero-order valence-corrected chi connectivity index (χ0v) is 17.2. The fourth-order valence-corrected chi connectivity index (χ4v) is 5.34. The van der Waals surface area contributed by atoms with Crippen LogP contribution >= 0.6 is 22.7 Å². The Labute approximate surface area is 180 Å². The lowest BCUT2D eigenvalue weighted by Crippen LogP contribution is -2.00. The molecule has 5 rings (SSSR count). The van der Waals surface area contributed by atoms with Gasteiger partial charge in [0.25, 0.3) is 0 Å². The van der Waals surface area contributed by atoms with E-state index in [0.29, 0.717) is 10.4 Å². The number of aromatic hydroxyl groups is 2. The molecule has 6 heteroatoms. The first-order valence-corrected chi connectivity index (χ1v) is 10.9. The van der Waals surface area contributed by atoms with Gasteiger partial charge in [0.05, 0.1) is 10.3 Å². The largest absolute Gasteiger partial charge is 0.508 e. The third kappa shape index (κ3) is 3.26. The van der Waals surface area contributed by atoms with Gasteiger partial charge in [0.1, 0.15) is 10.8 Å². The Bertz CT molecular complexity index is 1370. The summed E-state index contributed by atoms with van der Waals surface area (Å²) < 4.78 is 0.859. The molecule has 5 aromatic rings. The lowest BCUT2D eigenvalue weighted by Gasteiger charge is -2.06. The summed E-state index contributed by atoms with van der Waals surface area (Å²) in [5, 5.41) is 22.7. The normalized spacial score (nSPS) is 11.1. The van der Waals surface area contributed by atoms with Crippen LogP contribution in [0.5, 0.6) is 11.6 Å². The highest BCUT2D eigenvalue weighted by atomic mass is 32.1. The molecule has 2 N–H and O–H groups in total. The minimum Gasteiger partial charge on any atom is -0.508 e. The van der Waals surface area contributed by atoms with E-state index in [1.54, 1.807) is 17.5 Å². The first kappa shape index (κ1) is 18.5. The highest BCUT2D eigenvalue weighted by Crippen LogP contribution is 2.41. The average Bonchev–Trinajstić information content (AvgIpc) is 3.37. The summed E-state index contributed by atoms with van der Waals surface area (Å²) in [6.07, 6.45) is 0. The van der Waals surface area contributed by atoms with Crippen molar-refractivity contribution in [3.63, 3.8) is 0 Å². The fourth-order valence-electron chi connectivity index (χ4n) is 3.43. The predicted molar refractivity (Wildman–Crippen MR) is 122 cm³/mol. The summed E-state index contributed by atoms with van der Waals surface area (Å²) >= 11 is 2.76. The van der Waals surface area contributed by atoms with Crippen LogP contribution in [0.3, 0.4) is 0 Å². The second-order valence-corrected chi connectivity index (χ2v) is 8.68. The lowest BCUT2D eigenvalue weighted by atomic mass is 9.97. The summed E-state index contributed by atoms with van der Waals surface area (Å²) in [6.45, 7) is 0. The SMILES string of the molecule is O=C(c1ccccc1)c1sc2cc(O)ccc2c1-c1ccc(-c2nc(O)cs2)cc1. The number of phenolic OH excluding ortho intramolecular Hbond substituents is 1. The molecule has 0 unspecified atom stereocenters. The van der Waals surface area contributed by atoms with Crippen molar-refractivity contribution in [1.29, 1.82) is 0 Å². The molecule has 2 heterocycles. The molecule has 146 valence electrons. The zero-order chi connectivity index (χ0) is 20.7. The number of hydrogen-bond donors (Lipinski definition) is 2. The Morgan fingerprint density at radius 1 is 0.867 bits per heavy atom. The van der Waals surface area contributed by atoms with E-state index in [9.17, 15) is 15.0 Å². The van der Waals surface area contributed by atoms with Crippen molar-refractivity contribution >= 4 is 38.5 Å². The molecule has 0 aliphatic heterocycles. The van der Waals surface area contributed by atoms with Crippen molar-refractivity contribution in [3.8, 4) is 33.3 Å². The lowest BCUT2D eigenvalue weighted by molar-refractivity contribution is 0.104. The molecule has 0 saturated heterocycles. The van der Waals surface area contributed by atoms with Gasteiger partial charge in [-0.05, 0) is 23.8 Å². The number of rotatable bonds is 4. The van der Waals surface area contributed by atoms with Gasteiger partial charge in [0.15, 0.2) is 0 Å². The number of ketones is 1. The first-order valence-electron chi connectivity index (χ1n) is 9.21. The molecule has 3 aromatic carbocycles. The second kappa shape index (κ2) is 7.40. The van der Waals surface area contributed by atoms with Gasteiger partial charge in [-0.3, -0.25) is 4.79 Å². The number of carbonyl (C=O) groups excluding carboxylic acids is 1. The van der Waals surface area contributed by atoms with Gasteiger partial charge in [0, 0.05) is 26.8 Å². The van der Waals surface area contributed by atoms with Crippen LogP contribution in [0.1, 0.15) is 15.2 Å². The van der Waals surface area contributed by atoms with Crippen LogP contribution in [0, 0.1) is 0 Å². The van der Waals surface area contributed by atoms with Gasteiger partial charge in [-0.1, -0.05) is 54.6 Å². The molecule has 0 amide bonds. The third-order valence-corrected chi connectivity index (χ3v) is 6.86. The number of aromatic nitrogens is 1. The Morgan fingerprint density at radius 2 is 1.60 bits per heavy atom. The Morgan fingerprint density at radius 3 is 2.30 bits per heavy atom. The van der Waals surface area contributed by atoms with Gasteiger partial charge in [-0.25, -0.2) is 4.98 Å². The van der Waals surface area contributed by atoms with Crippen molar-refractivity contribution in [2.45, 2.75) is 0 Å². The summed E-state index contributed by atoms with van der Waals surface area (Å²) in [7, 11) is 0. The second-order valence-electron chi connectivity index (χ2n) is 6.77. The number of fused-ring (bicyclic) bond motifs is 1. The minimum absolute atomic E-state index is 0.0125. The molecule has 0 radical (unpaired) electrons. The van der Waals surface area contributed by atoms with Crippen LogP contribution in [0.25, 0.3) is 31.8 Å². The molecular weight excluding hydrogens is 414 g/mol. The van der Waals surface area contributed by atoms with E-state index in [1.807, 2.05) is 60.7 Å².